The minimum atomic E-state index is -3.61. The Hall–Kier alpha value is -1.18. The summed E-state index contributed by atoms with van der Waals surface area (Å²) >= 11 is 0. The third-order valence-electron chi connectivity index (χ3n) is 1.66. The summed E-state index contributed by atoms with van der Waals surface area (Å²) in [6, 6.07) is 2.72. The van der Waals surface area contributed by atoms with Gasteiger partial charge in [-0.2, -0.15) is 4.73 Å². The largest absolute Gasteiger partial charge is 0.619 e. The molecule has 6 nitrogen and oxygen atoms in total. The molecular weight excluding hydrogens is 220 g/mol. The molecule has 1 rings (SSSR count). The maximum absolute atomic E-state index is 11.5. The third-order valence-corrected chi connectivity index (χ3v) is 3.10. The van der Waals surface area contributed by atoms with E-state index in [0.717, 1.165) is 6.20 Å². The van der Waals surface area contributed by atoms with Crippen LogP contribution in [0.3, 0.4) is 0 Å². The highest BCUT2D eigenvalue weighted by Gasteiger charge is 2.15. The first-order valence-electron chi connectivity index (χ1n) is 4.24. The molecule has 0 bridgehead atoms. The van der Waals surface area contributed by atoms with Crippen LogP contribution in [0.1, 0.15) is 0 Å². The van der Waals surface area contributed by atoms with Gasteiger partial charge < -0.3 is 9.94 Å². The summed E-state index contributed by atoms with van der Waals surface area (Å²) in [6.45, 7) is 0.454. The van der Waals surface area contributed by atoms with Gasteiger partial charge >= 0.3 is 0 Å². The van der Waals surface area contributed by atoms with Crippen LogP contribution >= 0.6 is 0 Å². The highest BCUT2D eigenvalue weighted by molar-refractivity contribution is 7.89. The van der Waals surface area contributed by atoms with Gasteiger partial charge in [0.1, 0.15) is 4.90 Å². The lowest BCUT2D eigenvalue weighted by atomic mass is 10.5. The highest BCUT2D eigenvalue weighted by atomic mass is 32.2. The minimum absolute atomic E-state index is 0.0592. The van der Waals surface area contributed by atoms with Crippen molar-refractivity contribution < 1.29 is 17.9 Å². The third kappa shape index (κ3) is 3.46. The molecule has 84 valence electrons. The predicted molar refractivity (Wildman–Crippen MR) is 52.5 cm³/mol. The van der Waals surface area contributed by atoms with Gasteiger partial charge in [-0.15, -0.1) is 0 Å². The van der Waals surface area contributed by atoms with Crippen molar-refractivity contribution in [3.63, 3.8) is 0 Å². The molecular formula is C8H12N2O4S. The predicted octanol–water partition coefficient (Wildman–Crippen LogP) is -0.755. The minimum Gasteiger partial charge on any atom is -0.619 e. The Balaban J connectivity index is 2.77. The molecule has 0 aliphatic heterocycles. The number of pyridine rings is 1. The summed E-state index contributed by atoms with van der Waals surface area (Å²) in [5, 5.41) is 10.9. The van der Waals surface area contributed by atoms with Crippen LogP contribution in [-0.4, -0.2) is 28.7 Å². The fourth-order valence-corrected chi connectivity index (χ4v) is 1.97. The molecule has 0 aliphatic carbocycles. The van der Waals surface area contributed by atoms with Crippen LogP contribution in [0.25, 0.3) is 0 Å². The number of sulfonamides is 1. The van der Waals surface area contributed by atoms with Crippen LogP contribution in [0.5, 0.6) is 0 Å². The first kappa shape index (κ1) is 11.9. The number of hydrogen-bond acceptors (Lipinski definition) is 4. The zero-order valence-electron chi connectivity index (χ0n) is 8.21. The average molecular weight is 232 g/mol. The molecule has 1 N–H and O–H groups in total. The van der Waals surface area contributed by atoms with E-state index in [9.17, 15) is 13.6 Å². The molecule has 0 spiro atoms. The smallest absolute Gasteiger partial charge is 0.246 e. The van der Waals surface area contributed by atoms with E-state index in [0.29, 0.717) is 4.73 Å². The molecule has 1 aromatic heterocycles. The fourth-order valence-electron chi connectivity index (χ4n) is 0.955. The molecule has 1 heterocycles. The van der Waals surface area contributed by atoms with E-state index >= 15 is 0 Å². The molecule has 0 amide bonds. The van der Waals surface area contributed by atoms with Crippen molar-refractivity contribution >= 4 is 10.0 Å². The van der Waals surface area contributed by atoms with E-state index in [-0.39, 0.29) is 18.0 Å². The maximum atomic E-state index is 11.5. The summed E-state index contributed by atoms with van der Waals surface area (Å²) in [5.41, 5.74) is 0. The summed E-state index contributed by atoms with van der Waals surface area (Å²) in [7, 11) is -2.13. The summed E-state index contributed by atoms with van der Waals surface area (Å²) in [4.78, 5) is -0.0592. The quantitative estimate of drug-likeness (QED) is 0.411. The van der Waals surface area contributed by atoms with Crippen LogP contribution in [0, 0.1) is 5.21 Å². The molecule has 7 heteroatoms. The average Bonchev–Trinajstić information content (AvgIpc) is 2.18. The lowest BCUT2D eigenvalue weighted by molar-refractivity contribution is -0.607. The number of aromatic nitrogens is 1. The Labute approximate surface area is 88.1 Å². The molecule has 0 atom stereocenters. The van der Waals surface area contributed by atoms with Crippen molar-refractivity contribution in [1.82, 2.24) is 4.72 Å². The van der Waals surface area contributed by atoms with Gasteiger partial charge in [-0.3, -0.25) is 0 Å². The number of nitrogens with zero attached hydrogens (tertiary/aromatic N) is 1. The van der Waals surface area contributed by atoms with E-state index < -0.39 is 10.0 Å². The Morgan fingerprint density at radius 1 is 1.60 bits per heavy atom. The number of ether oxygens (including phenoxy) is 1. The number of methoxy groups -OCH3 is 1. The fraction of sp³-hybridized carbons (Fsp3) is 0.375. The van der Waals surface area contributed by atoms with Crippen LogP contribution < -0.4 is 9.45 Å². The normalized spacial score (nSPS) is 11.5. The van der Waals surface area contributed by atoms with Gasteiger partial charge in [-0.1, -0.05) is 0 Å². The van der Waals surface area contributed by atoms with Gasteiger partial charge in [0.05, 0.1) is 6.61 Å². The van der Waals surface area contributed by atoms with E-state index in [1.54, 1.807) is 0 Å². The molecule has 0 unspecified atom stereocenters. The lowest BCUT2D eigenvalue weighted by Crippen LogP contribution is -2.31. The van der Waals surface area contributed by atoms with Crippen molar-refractivity contribution in [1.29, 1.82) is 0 Å². The summed E-state index contributed by atoms with van der Waals surface area (Å²) in [6.07, 6.45) is 2.21. The van der Waals surface area contributed by atoms with Gasteiger partial charge in [-0.25, -0.2) is 13.1 Å². The van der Waals surface area contributed by atoms with Gasteiger partial charge in [-0.05, 0) is 6.07 Å². The second kappa shape index (κ2) is 5.06. The Morgan fingerprint density at radius 2 is 2.33 bits per heavy atom. The van der Waals surface area contributed by atoms with Crippen LogP contribution in [-0.2, 0) is 14.8 Å². The van der Waals surface area contributed by atoms with Crippen molar-refractivity contribution in [3.05, 3.63) is 29.7 Å². The zero-order chi connectivity index (χ0) is 11.3. The Bertz CT molecular complexity index is 418. The van der Waals surface area contributed by atoms with Gasteiger partial charge in [0.2, 0.25) is 10.0 Å². The molecule has 0 radical (unpaired) electrons. The molecule has 0 aliphatic rings. The summed E-state index contributed by atoms with van der Waals surface area (Å²) in [5.74, 6) is 0. The van der Waals surface area contributed by atoms with Crippen molar-refractivity contribution in [2.45, 2.75) is 4.90 Å². The van der Waals surface area contributed by atoms with Crippen molar-refractivity contribution in [2.75, 3.05) is 20.3 Å². The number of hydrogen-bond donors (Lipinski definition) is 1. The van der Waals surface area contributed by atoms with Gasteiger partial charge in [0.25, 0.3) is 0 Å². The van der Waals surface area contributed by atoms with Crippen LogP contribution in [0.2, 0.25) is 0 Å². The topological polar surface area (TPSA) is 82.3 Å². The Morgan fingerprint density at radius 3 is 2.93 bits per heavy atom. The van der Waals surface area contributed by atoms with E-state index in [1.165, 1.54) is 25.4 Å². The maximum Gasteiger partial charge on any atom is 0.246 e. The number of nitrogens with one attached hydrogen (secondary N) is 1. The second-order valence-electron chi connectivity index (χ2n) is 2.79. The molecule has 15 heavy (non-hydrogen) atoms. The molecule has 1 aromatic rings. The summed E-state index contributed by atoms with van der Waals surface area (Å²) < 4.78 is 30.5. The molecule has 0 saturated carbocycles. The van der Waals surface area contributed by atoms with Crippen LogP contribution in [0.4, 0.5) is 0 Å². The monoisotopic (exact) mass is 232 g/mol. The molecule has 0 fully saturated rings. The standard InChI is InChI=1S/C8H12N2O4S/c1-14-6-4-9-15(12,13)8-3-2-5-10(11)7-8/h2-3,5,7,9H,4,6H2,1H3. The van der Waals surface area contributed by atoms with Crippen LogP contribution in [0.15, 0.2) is 29.4 Å². The second-order valence-corrected chi connectivity index (χ2v) is 4.56. The van der Waals surface area contributed by atoms with E-state index in [4.69, 9.17) is 4.74 Å². The van der Waals surface area contributed by atoms with Crippen molar-refractivity contribution in [3.8, 4) is 0 Å². The zero-order valence-corrected chi connectivity index (χ0v) is 9.03. The van der Waals surface area contributed by atoms with E-state index in [1.807, 2.05) is 0 Å². The lowest BCUT2D eigenvalue weighted by Gasteiger charge is -2.05. The SMILES string of the molecule is COCCNS(=O)(=O)c1ccc[n+]([O-])c1. The number of rotatable bonds is 5. The molecule has 0 saturated heterocycles. The van der Waals surface area contributed by atoms with Gasteiger partial charge in [0.15, 0.2) is 12.4 Å². The van der Waals surface area contributed by atoms with E-state index in [2.05, 4.69) is 4.72 Å². The highest BCUT2D eigenvalue weighted by Crippen LogP contribution is 2.03. The first-order valence-corrected chi connectivity index (χ1v) is 5.72. The van der Waals surface area contributed by atoms with Gasteiger partial charge in [0, 0.05) is 19.7 Å². The Kier molecular flexibility index (Phi) is 4.01. The first-order chi connectivity index (χ1) is 7.06. The molecule has 0 aromatic carbocycles. The van der Waals surface area contributed by atoms with Crippen molar-refractivity contribution in [2.24, 2.45) is 0 Å².